The summed E-state index contributed by atoms with van der Waals surface area (Å²) in [5.74, 6) is -1.48. The Balaban J connectivity index is 1.77. The highest BCUT2D eigenvalue weighted by Crippen LogP contribution is 2.32. The summed E-state index contributed by atoms with van der Waals surface area (Å²) in [6.45, 7) is 0.424. The van der Waals surface area contributed by atoms with E-state index in [9.17, 15) is 18.0 Å². The second kappa shape index (κ2) is 7.79. The lowest BCUT2D eigenvalue weighted by Gasteiger charge is -2.30. The van der Waals surface area contributed by atoms with Crippen molar-refractivity contribution in [2.45, 2.75) is 30.6 Å². The highest BCUT2D eigenvalue weighted by atomic mass is 32.2. The molecule has 1 amide bonds. The van der Waals surface area contributed by atoms with Crippen LogP contribution in [0.4, 0.5) is 11.4 Å². The number of nitrogens with zero attached hydrogens (tertiary/aromatic N) is 1. The number of sulfonamides is 1. The van der Waals surface area contributed by atoms with Crippen LogP contribution in [0.2, 0.25) is 0 Å². The molecule has 142 valence electrons. The number of rotatable bonds is 6. The van der Waals surface area contributed by atoms with Gasteiger partial charge in [0, 0.05) is 18.7 Å². The van der Waals surface area contributed by atoms with Crippen molar-refractivity contribution in [2.24, 2.45) is 0 Å². The summed E-state index contributed by atoms with van der Waals surface area (Å²) in [5, 5.41) is 11.2. The molecule has 2 aromatic rings. The smallest absolute Gasteiger partial charge is 0.303 e. The van der Waals surface area contributed by atoms with Gasteiger partial charge in [-0.05, 0) is 48.7 Å². The molecule has 7 nitrogen and oxygen atoms in total. The number of nitrogens with one attached hydrogen (secondary N) is 1. The molecule has 1 aliphatic heterocycles. The van der Waals surface area contributed by atoms with Crippen molar-refractivity contribution in [1.82, 2.24) is 0 Å². The lowest BCUT2D eigenvalue weighted by atomic mass is 10.0. The van der Waals surface area contributed by atoms with Gasteiger partial charge in [-0.3, -0.25) is 13.9 Å². The number of hydrogen-bond acceptors (Lipinski definition) is 4. The van der Waals surface area contributed by atoms with Crippen LogP contribution in [0, 0.1) is 0 Å². The van der Waals surface area contributed by atoms with Crippen LogP contribution >= 0.6 is 0 Å². The van der Waals surface area contributed by atoms with Gasteiger partial charge in [0.1, 0.15) is 0 Å². The van der Waals surface area contributed by atoms with Crippen LogP contribution in [0.25, 0.3) is 0 Å². The Kier molecular flexibility index (Phi) is 5.46. The summed E-state index contributed by atoms with van der Waals surface area (Å²) in [6.07, 6.45) is 1.21. The van der Waals surface area contributed by atoms with Crippen LogP contribution in [0.5, 0.6) is 0 Å². The molecule has 0 radical (unpaired) electrons. The van der Waals surface area contributed by atoms with Gasteiger partial charge in [-0.15, -0.1) is 0 Å². The van der Waals surface area contributed by atoms with Gasteiger partial charge in [0.2, 0.25) is 5.91 Å². The Hall–Kier alpha value is -2.87. The number of aryl methyl sites for hydroxylation is 1. The zero-order chi connectivity index (χ0) is 19.4. The minimum absolute atomic E-state index is 0.139. The number of carbonyl (C=O) groups excluding carboxylic acids is 1. The minimum atomic E-state index is -3.70. The van der Waals surface area contributed by atoms with Gasteiger partial charge in [-0.2, -0.15) is 0 Å². The van der Waals surface area contributed by atoms with E-state index >= 15 is 0 Å². The largest absolute Gasteiger partial charge is 0.481 e. The van der Waals surface area contributed by atoms with E-state index in [-0.39, 0.29) is 17.7 Å². The van der Waals surface area contributed by atoms with Gasteiger partial charge < -0.3 is 10.4 Å². The molecule has 0 unspecified atom stereocenters. The van der Waals surface area contributed by atoms with Gasteiger partial charge in [0.15, 0.2) is 0 Å². The van der Waals surface area contributed by atoms with Crippen molar-refractivity contribution in [3.05, 3.63) is 54.1 Å². The zero-order valence-corrected chi connectivity index (χ0v) is 15.4. The van der Waals surface area contributed by atoms with Crippen LogP contribution in [0.3, 0.4) is 0 Å². The Bertz CT molecular complexity index is 954. The summed E-state index contributed by atoms with van der Waals surface area (Å²) in [4.78, 5) is 22.3. The van der Waals surface area contributed by atoms with E-state index in [1.807, 2.05) is 24.3 Å². The summed E-state index contributed by atoms with van der Waals surface area (Å²) >= 11 is 0. The minimum Gasteiger partial charge on any atom is -0.481 e. The van der Waals surface area contributed by atoms with Crippen LogP contribution in [-0.4, -0.2) is 31.9 Å². The van der Waals surface area contributed by atoms with Crippen LogP contribution in [0.15, 0.2) is 53.4 Å². The predicted molar refractivity (Wildman–Crippen MR) is 101 cm³/mol. The number of benzene rings is 2. The molecule has 27 heavy (non-hydrogen) atoms. The fourth-order valence-electron chi connectivity index (χ4n) is 3.03. The third-order valence-corrected chi connectivity index (χ3v) is 6.19. The Labute approximate surface area is 157 Å². The fraction of sp³-hybridized carbons (Fsp3) is 0.263. The number of carbonyl (C=O) groups is 2. The average Bonchev–Trinajstić information content (AvgIpc) is 2.66. The number of hydrogen-bond donors (Lipinski definition) is 2. The van der Waals surface area contributed by atoms with E-state index in [2.05, 4.69) is 5.32 Å². The van der Waals surface area contributed by atoms with Gasteiger partial charge in [-0.25, -0.2) is 8.42 Å². The number of carboxylic acids is 1. The van der Waals surface area contributed by atoms with E-state index < -0.39 is 21.9 Å². The second-order valence-corrected chi connectivity index (χ2v) is 8.14. The van der Waals surface area contributed by atoms with E-state index in [0.717, 1.165) is 18.4 Å². The number of carboxylic acid groups (broad SMARTS) is 1. The molecule has 0 atom stereocenters. The first-order chi connectivity index (χ1) is 12.9. The molecule has 1 aliphatic rings. The van der Waals surface area contributed by atoms with Crippen molar-refractivity contribution in [1.29, 1.82) is 0 Å². The predicted octanol–water partition coefficient (Wildman–Crippen LogP) is 2.63. The van der Waals surface area contributed by atoms with E-state index in [0.29, 0.717) is 17.9 Å². The third-order valence-electron chi connectivity index (χ3n) is 4.36. The number of amides is 1. The maximum absolute atomic E-state index is 13.0. The molecule has 0 saturated carbocycles. The van der Waals surface area contributed by atoms with Gasteiger partial charge >= 0.3 is 5.97 Å². The lowest BCUT2D eigenvalue weighted by Crippen LogP contribution is -2.35. The molecular formula is C19H20N2O5S. The van der Waals surface area contributed by atoms with E-state index in [1.165, 1.54) is 28.6 Å². The third kappa shape index (κ3) is 4.28. The second-order valence-electron chi connectivity index (χ2n) is 6.28. The molecule has 0 aliphatic carbocycles. The molecule has 2 N–H and O–H groups in total. The van der Waals surface area contributed by atoms with Crippen LogP contribution in [-0.2, 0) is 26.0 Å². The molecular weight excluding hydrogens is 368 g/mol. The summed E-state index contributed by atoms with van der Waals surface area (Å²) in [6, 6.07) is 13.4. The Morgan fingerprint density at radius 2 is 1.74 bits per heavy atom. The maximum Gasteiger partial charge on any atom is 0.303 e. The zero-order valence-electron chi connectivity index (χ0n) is 14.6. The number of anilines is 2. The average molecular weight is 388 g/mol. The quantitative estimate of drug-likeness (QED) is 0.792. The maximum atomic E-state index is 13.0. The molecule has 0 aromatic heterocycles. The summed E-state index contributed by atoms with van der Waals surface area (Å²) < 4.78 is 27.5. The van der Waals surface area contributed by atoms with Crippen molar-refractivity contribution in [3.8, 4) is 0 Å². The fourth-order valence-corrected chi connectivity index (χ4v) is 4.57. The first-order valence-corrected chi connectivity index (χ1v) is 10.0. The normalized spacial score (nSPS) is 13.7. The number of para-hydroxylation sites is 1. The lowest BCUT2D eigenvalue weighted by molar-refractivity contribution is -0.138. The molecule has 8 heteroatoms. The SMILES string of the molecule is O=C(O)CCC(=O)Nc1ccc(S(=O)(=O)N2CCCc3ccccc32)cc1. The standard InChI is InChI=1S/C19H20N2O5S/c22-18(11-12-19(23)24)20-15-7-9-16(10-8-15)27(25,26)21-13-3-5-14-4-1-2-6-17(14)21/h1-2,4,6-10H,3,5,11-13H2,(H,20,22)(H,23,24). The monoisotopic (exact) mass is 388 g/mol. The van der Waals surface area contributed by atoms with Crippen molar-refractivity contribution in [2.75, 3.05) is 16.2 Å². The van der Waals surface area contributed by atoms with Gasteiger partial charge in [0.25, 0.3) is 10.0 Å². The Morgan fingerprint density at radius 3 is 2.44 bits per heavy atom. The van der Waals surface area contributed by atoms with E-state index in [4.69, 9.17) is 5.11 Å². The Morgan fingerprint density at radius 1 is 1.04 bits per heavy atom. The first-order valence-electron chi connectivity index (χ1n) is 8.60. The summed E-state index contributed by atoms with van der Waals surface area (Å²) in [5.41, 5.74) is 2.13. The van der Waals surface area contributed by atoms with Crippen molar-refractivity contribution < 1.29 is 23.1 Å². The highest BCUT2D eigenvalue weighted by molar-refractivity contribution is 7.92. The van der Waals surface area contributed by atoms with Crippen molar-refractivity contribution >= 4 is 33.3 Å². The van der Waals surface area contributed by atoms with Crippen LogP contribution in [0.1, 0.15) is 24.8 Å². The number of fused-ring (bicyclic) bond motifs is 1. The topological polar surface area (TPSA) is 104 Å². The van der Waals surface area contributed by atoms with Crippen LogP contribution < -0.4 is 9.62 Å². The molecule has 3 rings (SSSR count). The summed E-state index contributed by atoms with van der Waals surface area (Å²) in [7, 11) is -3.70. The molecule has 0 saturated heterocycles. The van der Waals surface area contributed by atoms with Crippen molar-refractivity contribution in [3.63, 3.8) is 0 Å². The molecule has 0 bridgehead atoms. The molecule has 0 spiro atoms. The van der Waals surface area contributed by atoms with Gasteiger partial charge in [0.05, 0.1) is 17.0 Å². The molecule has 0 fully saturated rings. The molecule has 2 aromatic carbocycles. The van der Waals surface area contributed by atoms with Gasteiger partial charge in [-0.1, -0.05) is 18.2 Å². The van der Waals surface area contributed by atoms with E-state index in [1.54, 1.807) is 0 Å². The first kappa shape index (κ1) is 18.9. The molecule has 1 heterocycles. The highest BCUT2D eigenvalue weighted by Gasteiger charge is 2.28. The number of aliphatic carboxylic acids is 1.